The van der Waals surface area contributed by atoms with E-state index in [4.69, 9.17) is 0 Å². The molecule has 0 bridgehead atoms. The molecule has 2 fully saturated rings. The van der Waals surface area contributed by atoms with Gasteiger partial charge >= 0.3 is 12.0 Å². The van der Waals surface area contributed by atoms with Crippen molar-refractivity contribution in [3.8, 4) is 0 Å². The zero-order valence-corrected chi connectivity index (χ0v) is 14.2. The Bertz CT molecular complexity index is 752. The maximum atomic E-state index is 13.9. The van der Waals surface area contributed by atoms with Gasteiger partial charge in [-0.2, -0.15) is 0 Å². The molecule has 2 unspecified atom stereocenters. The van der Waals surface area contributed by atoms with Crippen molar-refractivity contribution in [3.05, 3.63) is 29.8 Å². The number of aliphatic carboxylic acids is 1. The summed E-state index contributed by atoms with van der Waals surface area (Å²) >= 11 is 0. The van der Waals surface area contributed by atoms with Crippen molar-refractivity contribution in [2.24, 2.45) is 5.41 Å². The van der Waals surface area contributed by atoms with Gasteiger partial charge in [0, 0.05) is 26.1 Å². The molecule has 2 saturated heterocycles. The van der Waals surface area contributed by atoms with Crippen LogP contribution in [-0.4, -0.2) is 53.6 Å². The van der Waals surface area contributed by atoms with E-state index in [1.807, 2.05) is 0 Å². The van der Waals surface area contributed by atoms with Crippen LogP contribution in [0.3, 0.4) is 0 Å². The maximum Gasteiger partial charge on any atom is 0.317 e. The summed E-state index contributed by atoms with van der Waals surface area (Å²) in [5.74, 6) is -3.15. The summed E-state index contributed by atoms with van der Waals surface area (Å²) in [5.41, 5.74) is -1.42. The highest BCUT2D eigenvalue weighted by Gasteiger charge is 2.43. The molecule has 0 aromatic heterocycles. The Morgan fingerprint density at radius 3 is 2.54 bits per heavy atom. The first-order valence-electron chi connectivity index (χ1n) is 8.24. The molecule has 9 heteroatoms. The average Bonchev–Trinajstić information content (AvgIpc) is 3.12. The Morgan fingerprint density at radius 2 is 1.96 bits per heavy atom. The predicted molar refractivity (Wildman–Crippen MR) is 87.6 cm³/mol. The molecule has 3 amide bonds. The fourth-order valence-corrected chi connectivity index (χ4v) is 3.34. The molecule has 2 atom stereocenters. The Morgan fingerprint density at radius 1 is 1.31 bits per heavy atom. The molecule has 140 valence electrons. The van der Waals surface area contributed by atoms with Crippen LogP contribution in [-0.2, 0) is 9.59 Å². The van der Waals surface area contributed by atoms with E-state index >= 15 is 0 Å². The number of carboxylic acids is 1. The number of hydrogen-bond donors (Lipinski definition) is 2. The van der Waals surface area contributed by atoms with Crippen molar-refractivity contribution in [3.63, 3.8) is 0 Å². The van der Waals surface area contributed by atoms with E-state index in [9.17, 15) is 28.3 Å². The number of carboxylic acid groups (broad SMARTS) is 1. The molecule has 7 nitrogen and oxygen atoms in total. The largest absolute Gasteiger partial charge is 0.481 e. The summed E-state index contributed by atoms with van der Waals surface area (Å²) in [6, 6.07) is 2.25. The molecule has 0 aliphatic carbocycles. The van der Waals surface area contributed by atoms with E-state index in [1.165, 1.54) is 11.0 Å². The molecular formula is C17H19F2N3O4. The highest BCUT2D eigenvalue weighted by Crippen LogP contribution is 2.31. The zero-order valence-electron chi connectivity index (χ0n) is 14.2. The number of anilines is 1. The number of nitrogens with zero attached hydrogens (tertiary/aromatic N) is 2. The van der Waals surface area contributed by atoms with Gasteiger partial charge in [-0.05, 0) is 25.5 Å². The van der Waals surface area contributed by atoms with Gasteiger partial charge in [-0.15, -0.1) is 0 Å². The van der Waals surface area contributed by atoms with Crippen molar-refractivity contribution in [1.29, 1.82) is 0 Å². The number of nitrogens with one attached hydrogen (secondary N) is 1. The first-order valence-corrected chi connectivity index (χ1v) is 8.24. The van der Waals surface area contributed by atoms with Crippen LogP contribution in [0.15, 0.2) is 18.2 Å². The number of rotatable bonds is 3. The number of halogens is 2. The number of hydrogen-bond acceptors (Lipinski definition) is 3. The van der Waals surface area contributed by atoms with Crippen molar-refractivity contribution in [1.82, 2.24) is 10.2 Å². The maximum absolute atomic E-state index is 13.9. The first kappa shape index (κ1) is 18.1. The number of carbonyl (C=O) groups is 3. The van der Waals surface area contributed by atoms with Crippen LogP contribution in [0.1, 0.15) is 19.8 Å². The van der Waals surface area contributed by atoms with Crippen molar-refractivity contribution >= 4 is 23.6 Å². The fourth-order valence-electron chi connectivity index (χ4n) is 3.34. The van der Waals surface area contributed by atoms with Gasteiger partial charge in [0.15, 0.2) is 0 Å². The monoisotopic (exact) mass is 367 g/mol. The van der Waals surface area contributed by atoms with E-state index in [-0.39, 0.29) is 19.5 Å². The lowest BCUT2D eigenvalue weighted by atomic mass is 9.90. The average molecular weight is 367 g/mol. The van der Waals surface area contributed by atoms with Gasteiger partial charge in [0.1, 0.15) is 17.3 Å². The molecule has 3 rings (SSSR count). The summed E-state index contributed by atoms with van der Waals surface area (Å²) in [6.45, 7) is 1.89. The highest BCUT2D eigenvalue weighted by molar-refractivity contribution is 5.97. The van der Waals surface area contributed by atoms with Crippen LogP contribution in [0.2, 0.25) is 0 Å². The smallest absolute Gasteiger partial charge is 0.317 e. The lowest BCUT2D eigenvalue weighted by Crippen LogP contribution is -2.46. The SMILES string of the molecule is CC1(C(=O)O)CCN(C(=O)NC2CC(=O)N(c3c(F)cccc3F)C2)C1. The minimum Gasteiger partial charge on any atom is -0.481 e. The molecule has 26 heavy (non-hydrogen) atoms. The molecule has 2 heterocycles. The number of para-hydroxylation sites is 1. The molecule has 2 N–H and O–H groups in total. The number of likely N-dealkylation sites (tertiary alicyclic amines) is 1. The van der Waals surface area contributed by atoms with Crippen LogP contribution >= 0.6 is 0 Å². The van der Waals surface area contributed by atoms with E-state index in [0.29, 0.717) is 13.0 Å². The van der Waals surface area contributed by atoms with Gasteiger partial charge in [-0.1, -0.05) is 6.07 Å². The van der Waals surface area contributed by atoms with Crippen LogP contribution in [0.25, 0.3) is 0 Å². The summed E-state index contributed by atoms with van der Waals surface area (Å²) in [6.07, 6.45) is 0.259. The van der Waals surface area contributed by atoms with Crippen LogP contribution in [0.5, 0.6) is 0 Å². The second-order valence-corrected chi connectivity index (χ2v) is 6.96. The molecular weight excluding hydrogens is 348 g/mol. The van der Waals surface area contributed by atoms with E-state index in [0.717, 1.165) is 17.0 Å². The number of carbonyl (C=O) groups excluding carboxylic acids is 2. The normalized spacial score (nSPS) is 25.7. The summed E-state index contributed by atoms with van der Waals surface area (Å²) in [7, 11) is 0. The summed E-state index contributed by atoms with van der Waals surface area (Å²) in [5, 5.41) is 11.9. The van der Waals surface area contributed by atoms with Gasteiger partial charge in [-0.3, -0.25) is 9.59 Å². The van der Waals surface area contributed by atoms with E-state index < -0.39 is 46.7 Å². The first-order chi connectivity index (χ1) is 12.2. The molecule has 0 saturated carbocycles. The number of amides is 3. The van der Waals surface area contributed by atoms with Gasteiger partial charge in [0.25, 0.3) is 0 Å². The van der Waals surface area contributed by atoms with E-state index in [1.54, 1.807) is 6.92 Å². The zero-order chi connectivity index (χ0) is 19.1. The predicted octanol–water partition coefficient (Wildman–Crippen LogP) is 1.58. The van der Waals surface area contributed by atoms with Gasteiger partial charge in [-0.25, -0.2) is 13.6 Å². The molecule has 2 aliphatic heterocycles. The molecule has 0 spiro atoms. The van der Waals surface area contributed by atoms with Gasteiger partial charge in [0.05, 0.1) is 11.5 Å². The fraction of sp³-hybridized carbons (Fsp3) is 0.471. The second-order valence-electron chi connectivity index (χ2n) is 6.96. The Kier molecular flexibility index (Phi) is 4.55. The number of urea groups is 1. The van der Waals surface area contributed by atoms with Crippen molar-refractivity contribution in [2.75, 3.05) is 24.5 Å². The Balaban J connectivity index is 1.65. The standard InChI is InChI=1S/C17H19F2N3O4/c1-17(15(24)25)5-6-21(9-17)16(26)20-10-7-13(23)22(8-10)14-11(18)3-2-4-12(14)19/h2-4,10H,5-9H2,1H3,(H,20,26)(H,24,25). The Hall–Kier alpha value is -2.71. The second kappa shape index (κ2) is 6.54. The summed E-state index contributed by atoms with van der Waals surface area (Å²) in [4.78, 5) is 38.1. The minimum atomic E-state index is -0.995. The lowest BCUT2D eigenvalue weighted by Gasteiger charge is -2.23. The van der Waals surface area contributed by atoms with Crippen LogP contribution in [0, 0.1) is 17.0 Å². The molecule has 1 aromatic rings. The summed E-state index contributed by atoms with van der Waals surface area (Å²) < 4.78 is 27.8. The molecule has 2 aliphatic rings. The molecule has 1 aromatic carbocycles. The minimum absolute atomic E-state index is 0.0491. The third-order valence-corrected chi connectivity index (χ3v) is 4.94. The van der Waals surface area contributed by atoms with Gasteiger partial charge in [0.2, 0.25) is 5.91 Å². The number of benzene rings is 1. The molecule has 0 radical (unpaired) electrons. The third-order valence-electron chi connectivity index (χ3n) is 4.94. The van der Waals surface area contributed by atoms with Crippen molar-refractivity contribution < 1.29 is 28.3 Å². The van der Waals surface area contributed by atoms with Crippen molar-refractivity contribution in [2.45, 2.75) is 25.8 Å². The van der Waals surface area contributed by atoms with Gasteiger partial charge < -0.3 is 20.2 Å². The lowest BCUT2D eigenvalue weighted by molar-refractivity contribution is -0.147. The quantitative estimate of drug-likeness (QED) is 0.849. The third kappa shape index (κ3) is 3.21. The Labute approximate surface area is 148 Å². The van der Waals surface area contributed by atoms with E-state index in [2.05, 4.69) is 5.32 Å². The topological polar surface area (TPSA) is 90.0 Å². The van der Waals surface area contributed by atoms with Crippen LogP contribution < -0.4 is 10.2 Å². The van der Waals surface area contributed by atoms with Crippen LogP contribution in [0.4, 0.5) is 19.3 Å². The highest BCUT2D eigenvalue weighted by atomic mass is 19.1.